The summed E-state index contributed by atoms with van der Waals surface area (Å²) in [5.41, 5.74) is 5.11. The standard InChI is InChI=1S/C11H22N2OS/c1-10(2,8-12)6-5-7-15(14)9-11(3,4)13/h5-7,9,13H2,1-4H3. The van der Waals surface area contributed by atoms with Crippen LogP contribution >= 0.6 is 0 Å². The molecule has 0 radical (unpaired) electrons. The predicted molar refractivity (Wildman–Crippen MR) is 64.8 cm³/mol. The Balaban J connectivity index is 3.80. The first-order valence-electron chi connectivity index (χ1n) is 5.21. The van der Waals surface area contributed by atoms with Crippen molar-refractivity contribution in [2.45, 2.75) is 46.1 Å². The van der Waals surface area contributed by atoms with Crippen LogP contribution in [0.4, 0.5) is 0 Å². The number of hydrogen-bond acceptors (Lipinski definition) is 3. The van der Waals surface area contributed by atoms with Gasteiger partial charge in [0.05, 0.1) is 11.5 Å². The van der Waals surface area contributed by atoms with E-state index in [1.165, 1.54) is 0 Å². The quantitative estimate of drug-likeness (QED) is 0.756. The molecule has 0 rings (SSSR count). The molecule has 0 saturated carbocycles. The van der Waals surface area contributed by atoms with Crippen LogP contribution < -0.4 is 5.73 Å². The third kappa shape index (κ3) is 8.59. The average Bonchev–Trinajstić information content (AvgIpc) is 2.00. The Morgan fingerprint density at radius 1 is 1.33 bits per heavy atom. The Labute approximate surface area is 95.5 Å². The lowest BCUT2D eigenvalue weighted by atomic mass is 9.90. The summed E-state index contributed by atoms with van der Waals surface area (Å²) >= 11 is 0. The molecule has 88 valence electrons. The highest BCUT2D eigenvalue weighted by Crippen LogP contribution is 2.20. The van der Waals surface area contributed by atoms with Crippen LogP contribution in [0.1, 0.15) is 40.5 Å². The van der Waals surface area contributed by atoms with Crippen LogP contribution in [0.15, 0.2) is 0 Å². The molecule has 0 bridgehead atoms. The first-order chi connectivity index (χ1) is 6.66. The molecule has 0 spiro atoms. The molecule has 0 fully saturated rings. The zero-order valence-corrected chi connectivity index (χ0v) is 11.0. The minimum absolute atomic E-state index is 0.303. The fourth-order valence-corrected chi connectivity index (χ4v) is 2.66. The largest absolute Gasteiger partial charge is 0.325 e. The lowest BCUT2D eigenvalue weighted by Gasteiger charge is -2.18. The Kier molecular flexibility index (Phi) is 5.47. The van der Waals surface area contributed by atoms with Crippen molar-refractivity contribution in [2.75, 3.05) is 11.5 Å². The Bertz CT molecular complexity index is 261. The van der Waals surface area contributed by atoms with E-state index in [1.807, 2.05) is 27.7 Å². The third-order valence-electron chi connectivity index (χ3n) is 2.01. The van der Waals surface area contributed by atoms with E-state index in [9.17, 15) is 4.21 Å². The summed E-state index contributed by atoms with van der Waals surface area (Å²) in [4.78, 5) is 0. The van der Waals surface area contributed by atoms with Crippen molar-refractivity contribution in [3.8, 4) is 6.07 Å². The number of nitrogens with two attached hydrogens (primary N) is 1. The van der Waals surface area contributed by atoms with Crippen molar-refractivity contribution < 1.29 is 4.21 Å². The molecule has 0 amide bonds. The van der Waals surface area contributed by atoms with Gasteiger partial charge in [0.1, 0.15) is 0 Å². The average molecular weight is 230 g/mol. The normalized spacial score (nSPS) is 14.7. The molecule has 0 aliphatic heterocycles. The van der Waals surface area contributed by atoms with Gasteiger partial charge in [-0.15, -0.1) is 0 Å². The lowest BCUT2D eigenvalue weighted by Crippen LogP contribution is -2.38. The topological polar surface area (TPSA) is 66.9 Å². The van der Waals surface area contributed by atoms with E-state index in [2.05, 4.69) is 6.07 Å². The number of hydrogen-bond donors (Lipinski definition) is 1. The highest BCUT2D eigenvalue weighted by Gasteiger charge is 2.18. The Hall–Kier alpha value is -0.400. The summed E-state index contributed by atoms with van der Waals surface area (Å²) in [6.07, 6.45) is 1.61. The van der Waals surface area contributed by atoms with Gasteiger partial charge in [0.2, 0.25) is 0 Å². The first-order valence-corrected chi connectivity index (χ1v) is 6.70. The van der Waals surface area contributed by atoms with E-state index in [1.54, 1.807) is 0 Å². The maximum absolute atomic E-state index is 11.6. The van der Waals surface area contributed by atoms with E-state index in [-0.39, 0.29) is 11.0 Å². The molecule has 1 unspecified atom stereocenters. The van der Waals surface area contributed by atoms with Gasteiger partial charge in [-0.2, -0.15) is 5.26 Å². The molecule has 0 aromatic rings. The second kappa shape index (κ2) is 5.62. The van der Waals surface area contributed by atoms with Crippen molar-refractivity contribution in [1.29, 1.82) is 5.26 Å². The van der Waals surface area contributed by atoms with Gasteiger partial charge >= 0.3 is 0 Å². The molecule has 0 heterocycles. The van der Waals surface area contributed by atoms with Crippen LogP contribution in [0.2, 0.25) is 0 Å². The summed E-state index contributed by atoms with van der Waals surface area (Å²) in [5.74, 6) is 1.17. The molecule has 0 aromatic heterocycles. The van der Waals surface area contributed by atoms with Crippen LogP contribution in [-0.2, 0) is 10.8 Å². The monoisotopic (exact) mass is 230 g/mol. The van der Waals surface area contributed by atoms with E-state index >= 15 is 0 Å². The maximum Gasteiger partial charge on any atom is 0.0683 e. The molecule has 0 aromatic carbocycles. The second-order valence-electron chi connectivity index (χ2n) is 5.38. The van der Waals surface area contributed by atoms with E-state index in [4.69, 9.17) is 11.0 Å². The molecule has 15 heavy (non-hydrogen) atoms. The van der Waals surface area contributed by atoms with Gasteiger partial charge in [0.15, 0.2) is 0 Å². The van der Waals surface area contributed by atoms with Crippen molar-refractivity contribution in [3.05, 3.63) is 0 Å². The molecule has 1 atom stereocenters. The number of nitrogens with zero attached hydrogens (tertiary/aromatic N) is 1. The second-order valence-corrected chi connectivity index (χ2v) is 6.95. The highest BCUT2D eigenvalue weighted by molar-refractivity contribution is 7.85. The van der Waals surface area contributed by atoms with Crippen LogP contribution in [0.5, 0.6) is 0 Å². The maximum atomic E-state index is 11.6. The van der Waals surface area contributed by atoms with E-state index in [0.29, 0.717) is 11.5 Å². The predicted octanol–water partition coefficient (Wildman–Crippen LogP) is 1.80. The SMILES string of the molecule is CC(C)(N)CS(=O)CCCC(C)(C)C#N. The third-order valence-corrected chi connectivity index (χ3v) is 3.82. The summed E-state index contributed by atoms with van der Waals surface area (Å²) in [7, 11) is -0.861. The van der Waals surface area contributed by atoms with E-state index in [0.717, 1.165) is 12.8 Å². The zero-order valence-electron chi connectivity index (χ0n) is 10.2. The number of rotatable bonds is 6. The van der Waals surface area contributed by atoms with Crippen molar-refractivity contribution in [3.63, 3.8) is 0 Å². The zero-order chi connectivity index (χ0) is 12.1. The van der Waals surface area contributed by atoms with Crippen LogP contribution in [-0.4, -0.2) is 21.3 Å². The van der Waals surface area contributed by atoms with Gasteiger partial charge in [-0.05, 0) is 40.5 Å². The molecule has 0 aliphatic rings. The van der Waals surface area contributed by atoms with Gasteiger partial charge < -0.3 is 5.73 Å². The molecule has 4 heteroatoms. The molecule has 0 saturated heterocycles. The fourth-order valence-electron chi connectivity index (χ4n) is 1.22. The molecule has 3 nitrogen and oxygen atoms in total. The summed E-state index contributed by atoms with van der Waals surface area (Å²) in [6.45, 7) is 7.57. The highest BCUT2D eigenvalue weighted by atomic mass is 32.2. The Morgan fingerprint density at radius 2 is 1.87 bits per heavy atom. The van der Waals surface area contributed by atoms with Crippen LogP contribution in [0.25, 0.3) is 0 Å². The van der Waals surface area contributed by atoms with Gasteiger partial charge in [0, 0.05) is 27.8 Å². The van der Waals surface area contributed by atoms with Gasteiger partial charge in [-0.1, -0.05) is 0 Å². The Morgan fingerprint density at radius 3 is 2.27 bits per heavy atom. The van der Waals surface area contributed by atoms with Gasteiger partial charge in [-0.25, -0.2) is 0 Å². The smallest absolute Gasteiger partial charge is 0.0683 e. The van der Waals surface area contributed by atoms with Gasteiger partial charge in [-0.3, -0.25) is 4.21 Å². The first kappa shape index (κ1) is 14.6. The minimum Gasteiger partial charge on any atom is -0.325 e. The lowest BCUT2D eigenvalue weighted by molar-refractivity contribution is 0.446. The van der Waals surface area contributed by atoms with E-state index < -0.39 is 10.8 Å². The fraction of sp³-hybridized carbons (Fsp3) is 0.909. The van der Waals surface area contributed by atoms with Crippen LogP contribution in [0.3, 0.4) is 0 Å². The van der Waals surface area contributed by atoms with Crippen molar-refractivity contribution in [2.24, 2.45) is 11.1 Å². The summed E-state index contributed by atoms with van der Waals surface area (Å²) < 4.78 is 11.6. The summed E-state index contributed by atoms with van der Waals surface area (Å²) in [5, 5.41) is 8.80. The number of nitriles is 1. The van der Waals surface area contributed by atoms with Crippen molar-refractivity contribution in [1.82, 2.24) is 0 Å². The molecule has 0 aliphatic carbocycles. The van der Waals surface area contributed by atoms with Crippen LogP contribution in [0, 0.1) is 16.7 Å². The molecular weight excluding hydrogens is 208 g/mol. The molecular formula is C11H22N2OS. The van der Waals surface area contributed by atoms with Gasteiger partial charge in [0.25, 0.3) is 0 Å². The minimum atomic E-state index is -0.861. The molecule has 2 N–H and O–H groups in total. The van der Waals surface area contributed by atoms with Crippen molar-refractivity contribution >= 4 is 10.8 Å². The summed E-state index contributed by atoms with van der Waals surface area (Å²) in [6, 6.07) is 2.24.